The first-order valence-corrected chi connectivity index (χ1v) is 7.47. The van der Waals surface area contributed by atoms with Crippen molar-refractivity contribution in [3.63, 3.8) is 0 Å². The van der Waals surface area contributed by atoms with Gasteiger partial charge in [0.05, 0.1) is 17.3 Å². The molecule has 2 aromatic rings. The molecule has 0 aliphatic rings. The van der Waals surface area contributed by atoms with Crippen LogP contribution in [0, 0.1) is 0 Å². The number of hydrogen-bond donors (Lipinski definition) is 3. The van der Waals surface area contributed by atoms with E-state index in [2.05, 4.69) is 10.6 Å². The summed E-state index contributed by atoms with van der Waals surface area (Å²) in [6.45, 7) is 1.70. The van der Waals surface area contributed by atoms with Gasteiger partial charge in [-0.15, -0.1) is 0 Å². The van der Waals surface area contributed by atoms with E-state index in [1.165, 1.54) is 0 Å². The van der Waals surface area contributed by atoms with Gasteiger partial charge in [0.25, 0.3) is 0 Å². The highest BCUT2D eigenvalue weighted by Crippen LogP contribution is 2.25. The quantitative estimate of drug-likeness (QED) is 0.774. The smallest absolute Gasteiger partial charge is 0.246 e. The first-order chi connectivity index (χ1) is 10.5. The van der Waals surface area contributed by atoms with Crippen LogP contribution in [0.4, 0.5) is 11.4 Å². The van der Waals surface area contributed by atoms with Crippen LogP contribution in [0.2, 0.25) is 10.0 Å². The van der Waals surface area contributed by atoms with Crippen LogP contribution in [0.25, 0.3) is 0 Å². The van der Waals surface area contributed by atoms with Crippen LogP contribution in [0.3, 0.4) is 0 Å². The molecule has 2 rings (SSSR count). The maximum absolute atomic E-state index is 12.2. The maximum atomic E-state index is 12.2. The number of benzene rings is 2. The number of nitrogens with one attached hydrogen (secondary N) is 2. The van der Waals surface area contributed by atoms with Crippen molar-refractivity contribution in [2.45, 2.75) is 19.6 Å². The molecule has 0 saturated carbocycles. The number of rotatable bonds is 5. The highest BCUT2D eigenvalue weighted by atomic mass is 35.5. The molecule has 0 aromatic heterocycles. The molecule has 0 aliphatic carbocycles. The van der Waals surface area contributed by atoms with Gasteiger partial charge in [0.1, 0.15) is 6.04 Å². The summed E-state index contributed by atoms with van der Waals surface area (Å²) in [5, 5.41) is 15.8. The number of anilines is 2. The molecular weight excluding hydrogens is 323 g/mol. The predicted molar refractivity (Wildman–Crippen MR) is 90.5 cm³/mol. The molecule has 0 spiro atoms. The third-order valence-electron chi connectivity index (χ3n) is 3.08. The minimum atomic E-state index is -0.472. The van der Waals surface area contributed by atoms with Crippen molar-refractivity contribution in [3.8, 4) is 0 Å². The van der Waals surface area contributed by atoms with Crippen molar-refractivity contribution in [3.05, 3.63) is 58.1 Å². The molecule has 2 aromatic carbocycles. The molecular formula is C16H16Cl2N2O2. The molecule has 0 aliphatic heterocycles. The molecule has 0 radical (unpaired) electrons. The van der Waals surface area contributed by atoms with E-state index in [4.69, 9.17) is 28.3 Å². The number of hydrogen-bond acceptors (Lipinski definition) is 3. The minimum absolute atomic E-state index is 0.0452. The van der Waals surface area contributed by atoms with E-state index < -0.39 is 6.04 Å². The zero-order valence-corrected chi connectivity index (χ0v) is 13.4. The lowest BCUT2D eigenvalue weighted by Crippen LogP contribution is -2.32. The van der Waals surface area contributed by atoms with E-state index in [1.807, 2.05) is 18.2 Å². The van der Waals surface area contributed by atoms with E-state index in [1.54, 1.807) is 31.2 Å². The summed E-state index contributed by atoms with van der Waals surface area (Å²) in [5.41, 5.74) is 2.04. The lowest BCUT2D eigenvalue weighted by molar-refractivity contribution is -0.116. The van der Waals surface area contributed by atoms with Crippen molar-refractivity contribution < 1.29 is 9.90 Å². The summed E-state index contributed by atoms with van der Waals surface area (Å²) < 4.78 is 0. The third-order valence-corrected chi connectivity index (χ3v) is 3.62. The number of halogens is 2. The number of amides is 1. The summed E-state index contributed by atoms with van der Waals surface area (Å²) in [6.07, 6.45) is 0. The molecule has 0 fully saturated rings. The molecule has 1 unspecified atom stereocenters. The van der Waals surface area contributed by atoms with E-state index in [-0.39, 0.29) is 12.5 Å². The molecule has 22 heavy (non-hydrogen) atoms. The summed E-state index contributed by atoms with van der Waals surface area (Å²) in [6, 6.07) is 11.7. The Morgan fingerprint density at radius 2 is 2.00 bits per heavy atom. The molecule has 0 bridgehead atoms. The number of aliphatic hydroxyl groups is 1. The fourth-order valence-electron chi connectivity index (χ4n) is 1.91. The lowest BCUT2D eigenvalue weighted by atomic mass is 10.2. The van der Waals surface area contributed by atoms with Gasteiger partial charge in [-0.3, -0.25) is 4.79 Å². The molecule has 0 saturated heterocycles. The van der Waals surface area contributed by atoms with Gasteiger partial charge in [0, 0.05) is 10.7 Å². The topological polar surface area (TPSA) is 61.4 Å². The van der Waals surface area contributed by atoms with Crippen molar-refractivity contribution in [1.82, 2.24) is 0 Å². The molecule has 1 amide bonds. The fourth-order valence-corrected chi connectivity index (χ4v) is 2.36. The fraction of sp³-hybridized carbons (Fsp3) is 0.188. The standard InChI is InChI=1S/C16H16Cl2N2O2/c1-10(19-13-4-2-3-11(7-13)9-21)16(22)20-15-6-5-12(17)8-14(15)18/h2-8,10,19,21H,9H2,1H3,(H,20,22). The van der Waals surface area contributed by atoms with Gasteiger partial charge in [0.2, 0.25) is 5.91 Å². The van der Waals surface area contributed by atoms with Crippen LogP contribution in [-0.4, -0.2) is 17.1 Å². The summed E-state index contributed by atoms with van der Waals surface area (Å²) in [4.78, 5) is 12.2. The Morgan fingerprint density at radius 1 is 1.23 bits per heavy atom. The Hall–Kier alpha value is -1.75. The van der Waals surface area contributed by atoms with Crippen LogP contribution in [0.15, 0.2) is 42.5 Å². The Kier molecular flexibility index (Phi) is 5.66. The van der Waals surface area contributed by atoms with Crippen LogP contribution in [-0.2, 0) is 11.4 Å². The Bertz CT molecular complexity index is 677. The SMILES string of the molecule is CC(Nc1cccc(CO)c1)C(=O)Nc1ccc(Cl)cc1Cl. The van der Waals surface area contributed by atoms with Crippen LogP contribution >= 0.6 is 23.2 Å². The van der Waals surface area contributed by atoms with E-state index in [9.17, 15) is 4.79 Å². The highest BCUT2D eigenvalue weighted by molar-refractivity contribution is 6.36. The molecule has 6 heteroatoms. The largest absolute Gasteiger partial charge is 0.392 e. The average molecular weight is 339 g/mol. The van der Waals surface area contributed by atoms with Crippen molar-refractivity contribution in [2.75, 3.05) is 10.6 Å². The summed E-state index contributed by atoms with van der Waals surface area (Å²) in [5.74, 6) is -0.223. The maximum Gasteiger partial charge on any atom is 0.246 e. The van der Waals surface area contributed by atoms with Gasteiger partial charge in [0.15, 0.2) is 0 Å². The van der Waals surface area contributed by atoms with Crippen molar-refractivity contribution in [2.24, 2.45) is 0 Å². The van der Waals surface area contributed by atoms with Crippen LogP contribution < -0.4 is 10.6 Å². The second-order valence-electron chi connectivity index (χ2n) is 4.84. The van der Waals surface area contributed by atoms with Gasteiger partial charge in [-0.25, -0.2) is 0 Å². The van der Waals surface area contributed by atoms with Gasteiger partial charge in [-0.2, -0.15) is 0 Å². The first-order valence-electron chi connectivity index (χ1n) is 6.72. The number of carbonyl (C=O) groups is 1. The average Bonchev–Trinajstić information content (AvgIpc) is 2.50. The zero-order chi connectivity index (χ0) is 16.1. The van der Waals surface area contributed by atoms with Gasteiger partial charge in [-0.05, 0) is 42.8 Å². The zero-order valence-electron chi connectivity index (χ0n) is 11.9. The Labute approximate surface area is 139 Å². The van der Waals surface area contributed by atoms with E-state index in [0.717, 1.165) is 11.3 Å². The molecule has 4 nitrogen and oxygen atoms in total. The predicted octanol–water partition coefficient (Wildman–Crippen LogP) is 3.92. The summed E-state index contributed by atoms with van der Waals surface area (Å²) in [7, 11) is 0. The molecule has 1 atom stereocenters. The highest BCUT2D eigenvalue weighted by Gasteiger charge is 2.14. The third kappa shape index (κ3) is 4.37. The van der Waals surface area contributed by atoms with E-state index >= 15 is 0 Å². The summed E-state index contributed by atoms with van der Waals surface area (Å²) >= 11 is 11.9. The molecule has 3 N–H and O–H groups in total. The van der Waals surface area contributed by atoms with Crippen molar-refractivity contribution >= 4 is 40.5 Å². The van der Waals surface area contributed by atoms with Crippen LogP contribution in [0.1, 0.15) is 12.5 Å². The normalized spacial score (nSPS) is 11.8. The Balaban J connectivity index is 2.02. The first kappa shape index (κ1) is 16.6. The van der Waals surface area contributed by atoms with Crippen LogP contribution in [0.5, 0.6) is 0 Å². The molecule has 0 heterocycles. The van der Waals surface area contributed by atoms with Gasteiger partial charge < -0.3 is 15.7 Å². The second-order valence-corrected chi connectivity index (χ2v) is 5.68. The lowest BCUT2D eigenvalue weighted by Gasteiger charge is -2.16. The van der Waals surface area contributed by atoms with Crippen molar-refractivity contribution in [1.29, 1.82) is 0 Å². The minimum Gasteiger partial charge on any atom is -0.392 e. The van der Waals surface area contributed by atoms with Gasteiger partial charge >= 0.3 is 0 Å². The van der Waals surface area contributed by atoms with Gasteiger partial charge in [-0.1, -0.05) is 35.3 Å². The van der Waals surface area contributed by atoms with E-state index in [0.29, 0.717) is 15.7 Å². The Morgan fingerprint density at radius 3 is 2.68 bits per heavy atom. The second kappa shape index (κ2) is 7.49. The number of aliphatic hydroxyl groups excluding tert-OH is 1. The number of carbonyl (C=O) groups excluding carboxylic acids is 1. The monoisotopic (exact) mass is 338 g/mol. The molecule has 116 valence electrons.